The van der Waals surface area contributed by atoms with E-state index in [0.717, 1.165) is 28.1 Å². The highest BCUT2D eigenvalue weighted by molar-refractivity contribution is 9.10. The van der Waals surface area contributed by atoms with Crippen molar-refractivity contribution in [2.24, 2.45) is 0 Å². The van der Waals surface area contributed by atoms with Gasteiger partial charge in [-0.2, -0.15) is 0 Å². The highest BCUT2D eigenvalue weighted by atomic mass is 79.9. The Morgan fingerprint density at radius 2 is 2.05 bits per heavy atom. The molecule has 1 aromatic rings. The average Bonchev–Trinajstić information content (AvgIpc) is 2.42. The van der Waals surface area contributed by atoms with E-state index in [0.29, 0.717) is 6.04 Å². The molecule has 1 unspecified atom stereocenters. The number of rotatable bonds is 5. The first-order valence-corrected chi connectivity index (χ1v) is 8.22. The molecule has 19 heavy (non-hydrogen) atoms. The number of hydrogen-bond acceptors (Lipinski definition) is 2. The molecule has 1 N–H and O–H groups in total. The monoisotopic (exact) mass is 344 g/mol. The third-order valence-corrected chi connectivity index (χ3v) is 4.63. The highest BCUT2D eigenvalue weighted by Gasteiger charge is 2.16. The van der Waals surface area contributed by atoms with E-state index in [2.05, 4.69) is 39.1 Å². The molecule has 106 valence electrons. The number of halogens is 2. The van der Waals surface area contributed by atoms with Crippen molar-refractivity contribution in [1.29, 1.82) is 0 Å². The molecule has 1 aliphatic rings. The van der Waals surface area contributed by atoms with Gasteiger partial charge in [-0.3, -0.25) is 4.90 Å². The van der Waals surface area contributed by atoms with Crippen molar-refractivity contribution in [2.75, 3.05) is 19.6 Å². The first-order valence-electron chi connectivity index (χ1n) is 7.05. The van der Waals surface area contributed by atoms with E-state index in [9.17, 15) is 0 Å². The molecule has 0 bridgehead atoms. The Labute approximate surface area is 129 Å². The van der Waals surface area contributed by atoms with Gasteiger partial charge in [-0.05, 0) is 50.6 Å². The summed E-state index contributed by atoms with van der Waals surface area (Å²) in [7, 11) is 0. The minimum absolute atomic E-state index is 0.606. The predicted molar refractivity (Wildman–Crippen MR) is 85.7 cm³/mol. The van der Waals surface area contributed by atoms with E-state index in [4.69, 9.17) is 11.6 Å². The van der Waals surface area contributed by atoms with Crippen molar-refractivity contribution in [3.05, 3.63) is 33.3 Å². The van der Waals surface area contributed by atoms with Gasteiger partial charge in [0, 0.05) is 28.6 Å². The van der Waals surface area contributed by atoms with Crippen LogP contribution in [0.2, 0.25) is 5.02 Å². The Hall–Kier alpha value is -0.0900. The summed E-state index contributed by atoms with van der Waals surface area (Å²) >= 11 is 9.64. The van der Waals surface area contributed by atoms with E-state index >= 15 is 0 Å². The lowest BCUT2D eigenvalue weighted by atomic mass is 10.1. The molecule has 0 radical (unpaired) electrons. The maximum absolute atomic E-state index is 6.21. The van der Waals surface area contributed by atoms with Crippen LogP contribution in [0.3, 0.4) is 0 Å². The molecular formula is C15H22BrClN2. The first-order chi connectivity index (χ1) is 9.16. The summed E-state index contributed by atoms with van der Waals surface area (Å²) in [5, 5.41) is 4.34. The molecule has 4 heteroatoms. The van der Waals surface area contributed by atoms with E-state index in [1.807, 2.05) is 12.1 Å². The zero-order chi connectivity index (χ0) is 13.7. The van der Waals surface area contributed by atoms with Crippen LogP contribution in [0.4, 0.5) is 0 Å². The Kier molecular flexibility index (Phi) is 6.14. The van der Waals surface area contributed by atoms with Gasteiger partial charge >= 0.3 is 0 Å². The fourth-order valence-corrected chi connectivity index (χ4v) is 3.31. The second-order valence-corrected chi connectivity index (χ2v) is 6.64. The van der Waals surface area contributed by atoms with Gasteiger partial charge in [0.15, 0.2) is 0 Å². The minimum atomic E-state index is 0.606. The molecule has 1 heterocycles. The zero-order valence-corrected chi connectivity index (χ0v) is 13.8. The number of piperidine rings is 1. The zero-order valence-electron chi connectivity index (χ0n) is 11.5. The Morgan fingerprint density at radius 3 is 2.74 bits per heavy atom. The molecule has 0 aromatic heterocycles. The lowest BCUT2D eigenvalue weighted by Gasteiger charge is -2.32. The molecule has 1 aromatic carbocycles. The molecule has 0 aliphatic carbocycles. The van der Waals surface area contributed by atoms with Gasteiger partial charge in [-0.25, -0.2) is 0 Å². The normalized spacial score (nSPS) is 18.5. The summed E-state index contributed by atoms with van der Waals surface area (Å²) < 4.78 is 1.03. The highest BCUT2D eigenvalue weighted by Crippen LogP contribution is 2.21. The van der Waals surface area contributed by atoms with Crippen LogP contribution >= 0.6 is 27.5 Å². The smallest absolute Gasteiger partial charge is 0.0462 e. The largest absolute Gasteiger partial charge is 0.311 e. The lowest BCUT2D eigenvalue weighted by Crippen LogP contribution is -2.42. The minimum Gasteiger partial charge on any atom is -0.311 e. The maximum Gasteiger partial charge on any atom is 0.0462 e. The van der Waals surface area contributed by atoms with Crippen LogP contribution in [-0.2, 0) is 6.54 Å². The topological polar surface area (TPSA) is 15.3 Å². The third-order valence-electron chi connectivity index (χ3n) is 3.78. The van der Waals surface area contributed by atoms with Crippen LogP contribution in [-0.4, -0.2) is 30.6 Å². The number of likely N-dealkylation sites (tertiary alicyclic amines) is 1. The molecule has 0 saturated carbocycles. The second-order valence-electron chi connectivity index (χ2n) is 5.31. The van der Waals surface area contributed by atoms with E-state index in [1.165, 1.54) is 32.4 Å². The molecule has 1 fully saturated rings. The Bertz CT molecular complexity index is 405. The van der Waals surface area contributed by atoms with Gasteiger partial charge < -0.3 is 5.32 Å². The van der Waals surface area contributed by atoms with Crippen molar-refractivity contribution in [1.82, 2.24) is 10.2 Å². The van der Waals surface area contributed by atoms with Crippen molar-refractivity contribution in [3.63, 3.8) is 0 Å². The molecule has 1 aliphatic heterocycles. The van der Waals surface area contributed by atoms with Gasteiger partial charge in [0.2, 0.25) is 0 Å². The maximum atomic E-state index is 6.21. The summed E-state index contributed by atoms with van der Waals surface area (Å²) in [4.78, 5) is 2.58. The van der Waals surface area contributed by atoms with Gasteiger partial charge in [0.1, 0.15) is 0 Å². The summed E-state index contributed by atoms with van der Waals surface area (Å²) in [6.07, 6.45) is 4.09. The predicted octanol–water partition coefficient (Wildman–Crippen LogP) is 4.07. The van der Waals surface area contributed by atoms with E-state index in [1.54, 1.807) is 0 Å². The SMILES string of the molecule is CC(CNCc1ccc(Br)cc1Cl)N1CCCCC1. The van der Waals surface area contributed by atoms with Gasteiger partial charge in [0.05, 0.1) is 0 Å². The number of nitrogens with one attached hydrogen (secondary N) is 1. The third kappa shape index (κ3) is 4.75. The first kappa shape index (κ1) is 15.3. The van der Waals surface area contributed by atoms with Crippen molar-refractivity contribution in [3.8, 4) is 0 Å². The average molecular weight is 346 g/mol. The quantitative estimate of drug-likeness (QED) is 0.865. The van der Waals surface area contributed by atoms with Gasteiger partial charge in [-0.15, -0.1) is 0 Å². The van der Waals surface area contributed by atoms with Crippen LogP contribution in [0, 0.1) is 0 Å². The fraction of sp³-hybridized carbons (Fsp3) is 0.600. The van der Waals surface area contributed by atoms with E-state index in [-0.39, 0.29) is 0 Å². The van der Waals surface area contributed by atoms with Crippen LogP contribution in [0.25, 0.3) is 0 Å². The van der Waals surface area contributed by atoms with Crippen LogP contribution in [0.5, 0.6) is 0 Å². The Morgan fingerprint density at radius 1 is 1.32 bits per heavy atom. The molecule has 0 spiro atoms. The second kappa shape index (κ2) is 7.63. The number of benzene rings is 1. The van der Waals surface area contributed by atoms with Crippen molar-refractivity contribution in [2.45, 2.75) is 38.8 Å². The standard InChI is InChI=1S/C15H22BrClN2/c1-12(19-7-3-2-4-8-19)10-18-11-13-5-6-14(16)9-15(13)17/h5-6,9,12,18H,2-4,7-8,10-11H2,1H3. The molecule has 2 nitrogen and oxygen atoms in total. The fourth-order valence-electron chi connectivity index (χ4n) is 2.57. The summed E-state index contributed by atoms with van der Waals surface area (Å²) in [6.45, 7) is 6.67. The van der Waals surface area contributed by atoms with Gasteiger partial charge in [-0.1, -0.05) is 40.0 Å². The molecule has 2 rings (SSSR count). The molecule has 1 atom stereocenters. The number of nitrogens with zero attached hydrogens (tertiary/aromatic N) is 1. The van der Waals surface area contributed by atoms with Crippen molar-refractivity contribution < 1.29 is 0 Å². The lowest BCUT2D eigenvalue weighted by molar-refractivity contribution is 0.170. The van der Waals surface area contributed by atoms with Crippen LogP contribution in [0.15, 0.2) is 22.7 Å². The summed E-state index contributed by atoms with van der Waals surface area (Å²) in [6, 6.07) is 6.67. The van der Waals surface area contributed by atoms with Gasteiger partial charge in [0.25, 0.3) is 0 Å². The summed E-state index contributed by atoms with van der Waals surface area (Å²) in [5.41, 5.74) is 1.16. The van der Waals surface area contributed by atoms with E-state index < -0.39 is 0 Å². The molecule has 0 amide bonds. The molecule has 1 saturated heterocycles. The van der Waals surface area contributed by atoms with Crippen molar-refractivity contribution >= 4 is 27.5 Å². The number of hydrogen-bond donors (Lipinski definition) is 1. The molecular weight excluding hydrogens is 324 g/mol. The Balaban J connectivity index is 1.76. The van der Waals surface area contributed by atoms with Crippen LogP contribution < -0.4 is 5.32 Å². The summed E-state index contributed by atoms with van der Waals surface area (Å²) in [5.74, 6) is 0. The van der Waals surface area contributed by atoms with Crippen LogP contribution in [0.1, 0.15) is 31.7 Å².